The zero-order chi connectivity index (χ0) is 21.4. The number of benzene rings is 2. The Morgan fingerprint density at radius 3 is 2.48 bits per heavy atom. The van der Waals surface area contributed by atoms with E-state index in [0.717, 1.165) is 23.8 Å². The largest absolute Gasteiger partial charge is 0.435 e. The van der Waals surface area contributed by atoms with Crippen LogP contribution in [0.15, 0.2) is 54.2 Å². The molecule has 3 rings (SSSR count). The molecule has 0 spiro atoms. The van der Waals surface area contributed by atoms with Gasteiger partial charge in [0, 0.05) is 33.3 Å². The summed E-state index contributed by atoms with van der Waals surface area (Å²) in [6.07, 6.45) is -4.26. The van der Waals surface area contributed by atoms with Crippen LogP contribution in [0.3, 0.4) is 0 Å². The second-order valence-corrected chi connectivity index (χ2v) is 7.38. The van der Waals surface area contributed by atoms with Gasteiger partial charge in [-0.1, -0.05) is 47.1 Å². The molecular weight excluding hydrogens is 428 g/mol. The molecule has 152 valence electrons. The van der Waals surface area contributed by atoms with E-state index in [0.29, 0.717) is 11.3 Å². The van der Waals surface area contributed by atoms with Gasteiger partial charge >= 0.3 is 6.18 Å². The summed E-state index contributed by atoms with van der Waals surface area (Å²) in [5.41, 5.74) is -1.33. The molecule has 1 aliphatic heterocycles. The molecule has 0 fully saturated rings. The summed E-state index contributed by atoms with van der Waals surface area (Å²) in [6, 6.07) is 8.46. The number of amides is 1. The molecule has 2 aromatic rings. The molecule has 29 heavy (non-hydrogen) atoms. The third-order valence-electron chi connectivity index (χ3n) is 4.53. The minimum absolute atomic E-state index is 0.0536. The highest BCUT2D eigenvalue weighted by atomic mass is 35.5. The first-order chi connectivity index (χ1) is 13.6. The summed E-state index contributed by atoms with van der Waals surface area (Å²) in [6.45, 7) is 5.13. The number of nitrogens with one attached hydrogen (secondary N) is 1. The molecule has 2 aromatic carbocycles. The van der Waals surface area contributed by atoms with Gasteiger partial charge in [-0.3, -0.25) is 4.79 Å². The Hall–Kier alpha value is -2.51. The number of hydrogen-bond acceptors (Lipinski definition) is 3. The summed E-state index contributed by atoms with van der Waals surface area (Å²) in [5.74, 6) is -0.437. The number of rotatable bonds is 4. The van der Waals surface area contributed by atoms with E-state index in [9.17, 15) is 18.0 Å². The molecule has 9 heteroatoms. The highest BCUT2D eigenvalue weighted by Crippen LogP contribution is 2.49. The predicted molar refractivity (Wildman–Crippen MR) is 106 cm³/mol. The van der Waals surface area contributed by atoms with Gasteiger partial charge in [-0.05, 0) is 42.8 Å². The van der Waals surface area contributed by atoms with Gasteiger partial charge in [0.2, 0.25) is 5.91 Å². The molecule has 1 aliphatic rings. The summed E-state index contributed by atoms with van der Waals surface area (Å²) in [7, 11) is 0. The molecule has 1 N–H and O–H groups in total. The topological polar surface area (TPSA) is 50.7 Å². The normalized spacial score (nSPS) is 18.8. The molecule has 4 nitrogen and oxygen atoms in total. The van der Waals surface area contributed by atoms with Gasteiger partial charge in [-0.2, -0.15) is 13.2 Å². The molecule has 0 saturated carbocycles. The Labute approximate surface area is 174 Å². The number of carbonyl (C=O) groups is 1. The van der Waals surface area contributed by atoms with Gasteiger partial charge in [0.05, 0.1) is 5.71 Å². The zero-order valence-corrected chi connectivity index (χ0v) is 16.6. The molecule has 1 amide bonds. The maximum Gasteiger partial charge on any atom is 0.435 e. The Morgan fingerprint density at radius 2 is 1.90 bits per heavy atom. The number of anilines is 1. The second-order valence-electron chi connectivity index (χ2n) is 6.51. The van der Waals surface area contributed by atoms with Crippen LogP contribution in [0.4, 0.5) is 18.9 Å². The third kappa shape index (κ3) is 4.11. The van der Waals surface area contributed by atoms with E-state index in [4.69, 9.17) is 28.0 Å². The fourth-order valence-corrected chi connectivity index (χ4v) is 3.49. The van der Waals surface area contributed by atoms with E-state index in [1.807, 2.05) is 0 Å². The van der Waals surface area contributed by atoms with Gasteiger partial charge in [-0.25, -0.2) is 0 Å². The van der Waals surface area contributed by atoms with Crippen LogP contribution in [0.2, 0.25) is 10.0 Å². The van der Waals surface area contributed by atoms with Gasteiger partial charge in [0.25, 0.3) is 5.60 Å². The first kappa shape index (κ1) is 21.2. The van der Waals surface area contributed by atoms with Crippen molar-refractivity contribution in [1.82, 2.24) is 0 Å². The smallest absolute Gasteiger partial charge is 0.374 e. The lowest BCUT2D eigenvalue weighted by Gasteiger charge is -2.29. The maximum atomic E-state index is 14.1. The van der Waals surface area contributed by atoms with Crippen molar-refractivity contribution in [1.29, 1.82) is 0 Å². The average Bonchev–Trinajstić information content (AvgIpc) is 3.09. The molecule has 1 heterocycles. The minimum Gasteiger partial charge on any atom is -0.374 e. The number of hydrogen-bond donors (Lipinski definition) is 1. The van der Waals surface area contributed by atoms with Gasteiger partial charge in [0.1, 0.15) is 0 Å². The Kier molecular flexibility index (Phi) is 5.65. The minimum atomic E-state index is -4.78. The van der Waals surface area contributed by atoms with Crippen molar-refractivity contribution in [2.45, 2.75) is 25.1 Å². The van der Waals surface area contributed by atoms with E-state index < -0.39 is 24.1 Å². The molecule has 0 aromatic heterocycles. The molecule has 0 saturated heterocycles. The predicted octanol–water partition coefficient (Wildman–Crippen LogP) is 6.01. The molecule has 1 atom stereocenters. The molecule has 0 aliphatic carbocycles. The van der Waals surface area contributed by atoms with Gasteiger partial charge < -0.3 is 10.2 Å². The van der Waals surface area contributed by atoms with Crippen LogP contribution in [0.25, 0.3) is 0 Å². The first-order valence-electron chi connectivity index (χ1n) is 8.38. The Morgan fingerprint density at radius 1 is 1.24 bits per heavy atom. The summed E-state index contributed by atoms with van der Waals surface area (Å²) >= 11 is 11.8. The number of nitrogens with zero attached hydrogens (tertiary/aromatic N) is 1. The van der Waals surface area contributed by atoms with E-state index in [1.165, 1.54) is 12.1 Å². The summed E-state index contributed by atoms with van der Waals surface area (Å²) < 4.78 is 42.2. The first-order valence-corrected chi connectivity index (χ1v) is 9.14. The van der Waals surface area contributed by atoms with Crippen LogP contribution in [0.5, 0.6) is 0 Å². The standard InChI is InChI=1S/C20H15Cl2F3N2O2/c1-3-18(28)26-16-6-12(5-4-11(16)2)17-10-19(29-27-17,20(23,24)25)13-7-14(21)9-15(22)8-13/h3-9H,1,10H2,2H3,(H,26,28). The number of halogens is 5. The molecular formula is C20H15Cl2F3N2O2. The van der Waals surface area contributed by atoms with Gasteiger partial charge in [0.15, 0.2) is 0 Å². The number of alkyl halides is 3. The van der Waals surface area contributed by atoms with Crippen LogP contribution in [-0.2, 0) is 15.2 Å². The second kappa shape index (κ2) is 7.72. The van der Waals surface area contributed by atoms with Crippen molar-refractivity contribution >= 4 is 40.5 Å². The van der Waals surface area contributed by atoms with Crippen LogP contribution < -0.4 is 5.32 Å². The van der Waals surface area contributed by atoms with Crippen LogP contribution in [0.1, 0.15) is 23.1 Å². The van der Waals surface area contributed by atoms with Crippen molar-refractivity contribution in [3.05, 3.63) is 75.8 Å². The number of aryl methyl sites for hydroxylation is 1. The van der Waals surface area contributed by atoms with Crippen LogP contribution in [-0.4, -0.2) is 17.8 Å². The van der Waals surface area contributed by atoms with Crippen molar-refractivity contribution in [2.75, 3.05) is 5.32 Å². The van der Waals surface area contributed by atoms with E-state index in [1.54, 1.807) is 19.1 Å². The quantitative estimate of drug-likeness (QED) is 0.589. The molecule has 0 radical (unpaired) electrons. The van der Waals surface area contributed by atoms with E-state index in [-0.39, 0.29) is 21.3 Å². The lowest BCUT2D eigenvalue weighted by atomic mass is 9.86. The van der Waals surface area contributed by atoms with Crippen molar-refractivity contribution in [3.8, 4) is 0 Å². The summed E-state index contributed by atoms with van der Waals surface area (Å²) in [5, 5.41) is 6.43. The lowest BCUT2D eigenvalue weighted by molar-refractivity contribution is -0.275. The van der Waals surface area contributed by atoms with Gasteiger partial charge in [-0.15, -0.1) is 0 Å². The highest BCUT2D eigenvalue weighted by molar-refractivity contribution is 6.34. The van der Waals surface area contributed by atoms with E-state index in [2.05, 4.69) is 17.1 Å². The number of carbonyl (C=O) groups excluding carboxylic acids is 1. The SMILES string of the molecule is C=CC(=O)Nc1cc(C2=NOC(c3cc(Cl)cc(Cl)c3)(C(F)(F)F)C2)ccc1C. The average molecular weight is 443 g/mol. The molecule has 0 bridgehead atoms. The van der Waals surface area contributed by atoms with Crippen molar-refractivity contribution in [3.63, 3.8) is 0 Å². The Balaban J connectivity index is 2.00. The maximum absolute atomic E-state index is 14.1. The third-order valence-corrected chi connectivity index (χ3v) is 4.97. The number of oxime groups is 1. The molecule has 1 unspecified atom stereocenters. The van der Waals surface area contributed by atoms with E-state index >= 15 is 0 Å². The fourth-order valence-electron chi connectivity index (χ4n) is 2.97. The van der Waals surface area contributed by atoms with Crippen LogP contribution in [0, 0.1) is 6.92 Å². The monoisotopic (exact) mass is 442 g/mol. The summed E-state index contributed by atoms with van der Waals surface area (Å²) in [4.78, 5) is 16.6. The zero-order valence-electron chi connectivity index (χ0n) is 15.1. The highest BCUT2D eigenvalue weighted by Gasteiger charge is 2.62. The Bertz CT molecular complexity index is 1000. The lowest BCUT2D eigenvalue weighted by Crippen LogP contribution is -2.42. The fraction of sp³-hybridized carbons (Fsp3) is 0.200. The van der Waals surface area contributed by atoms with Crippen molar-refractivity contribution < 1.29 is 22.8 Å². The van der Waals surface area contributed by atoms with Crippen molar-refractivity contribution in [2.24, 2.45) is 5.16 Å². The van der Waals surface area contributed by atoms with Crippen LogP contribution >= 0.6 is 23.2 Å².